The van der Waals surface area contributed by atoms with Gasteiger partial charge in [0.2, 0.25) is 0 Å². The van der Waals surface area contributed by atoms with Gasteiger partial charge in [-0.2, -0.15) is 11.8 Å². The van der Waals surface area contributed by atoms with Crippen molar-refractivity contribution < 1.29 is 4.74 Å². The summed E-state index contributed by atoms with van der Waals surface area (Å²) in [4.78, 5) is 0. The summed E-state index contributed by atoms with van der Waals surface area (Å²) in [6.07, 6.45) is 5.96. The minimum Gasteiger partial charge on any atom is -0.353 e. The van der Waals surface area contributed by atoms with Crippen LogP contribution in [0.25, 0.3) is 0 Å². The Morgan fingerprint density at radius 2 is 2.07 bits per heavy atom. The van der Waals surface area contributed by atoms with Crippen LogP contribution < -0.4 is 5.32 Å². The van der Waals surface area contributed by atoms with E-state index in [9.17, 15) is 0 Å². The largest absolute Gasteiger partial charge is 0.353 e. The van der Waals surface area contributed by atoms with Gasteiger partial charge in [-0.25, -0.2) is 0 Å². The van der Waals surface area contributed by atoms with E-state index >= 15 is 0 Å². The third-order valence-corrected chi connectivity index (χ3v) is 5.18. The molecule has 2 rings (SSSR count). The molecule has 2 aliphatic rings. The topological polar surface area (TPSA) is 21.3 Å². The van der Waals surface area contributed by atoms with Crippen LogP contribution in [0, 0.1) is 0 Å². The minimum atomic E-state index is 0.00713. The molecule has 1 unspecified atom stereocenters. The molecule has 0 saturated carbocycles. The Kier molecular flexibility index (Phi) is 3.63. The minimum absolute atomic E-state index is 0.00713. The number of thioether (sulfide) groups is 1. The maximum absolute atomic E-state index is 6.47. The van der Waals surface area contributed by atoms with Gasteiger partial charge in [-0.1, -0.05) is 13.8 Å². The fraction of sp³-hybridized carbons (Fsp3) is 1.00. The van der Waals surface area contributed by atoms with Crippen molar-refractivity contribution in [2.45, 2.75) is 57.3 Å². The highest BCUT2D eigenvalue weighted by Crippen LogP contribution is 2.38. The number of hydrogen-bond donors (Lipinski definition) is 1. The summed E-state index contributed by atoms with van der Waals surface area (Å²) >= 11 is 2.03. The molecule has 2 heterocycles. The fourth-order valence-electron chi connectivity index (χ4n) is 2.76. The van der Waals surface area contributed by atoms with Crippen LogP contribution in [0.2, 0.25) is 0 Å². The number of rotatable bonds is 2. The molecule has 2 saturated heterocycles. The van der Waals surface area contributed by atoms with Crippen LogP contribution >= 0.6 is 11.8 Å². The smallest absolute Gasteiger partial charge is 0.129 e. The Morgan fingerprint density at radius 3 is 2.67 bits per heavy atom. The molecule has 0 aromatic rings. The lowest BCUT2D eigenvalue weighted by atomic mass is 9.89. The summed E-state index contributed by atoms with van der Waals surface area (Å²) in [6, 6.07) is 0. The third kappa shape index (κ3) is 2.34. The zero-order valence-corrected chi connectivity index (χ0v) is 10.8. The molecule has 0 bridgehead atoms. The van der Waals surface area contributed by atoms with Gasteiger partial charge >= 0.3 is 0 Å². The van der Waals surface area contributed by atoms with E-state index in [4.69, 9.17) is 4.74 Å². The van der Waals surface area contributed by atoms with E-state index in [1.54, 1.807) is 0 Å². The van der Waals surface area contributed by atoms with Crippen LogP contribution in [0.15, 0.2) is 0 Å². The highest BCUT2D eigenvalue weighted by Gasteiger charge is 2.44. The summed E-state index contributed by atoms with van der Waals surface area (Å²) in [5, 5.41) is 3.61. The molecule has 1 atom stereocenters. The van der Waals surface area contributed by atoms with Crippen molar-refractivity contribution in [1.82, 2.24) is 5.32 Å². The average Bonchev–Trinajstić information content (AvgIpc) is 2.30. The standard InChI is InChI=1S/C12H23NOS/c1-3-11(4-2)7-8-13-12(14-11)6-5-9-15-10-12/h13H,3-10H2,1-2H3. The molecular formula is C12H23NOS. The molecule has 0 aliphatic carbocycles. The van der Waals surface area contributed by atoms with Crippen molar-refractivity contribution in [1.29, 1.82) is 0 Å². The molecule has 15 heavy (non-hydrogen) atoms. The highest BCUT2D eigenvalue weighted by molar-refractivity contribution is 7.99. The fourth-order valence-corrected chi connectivity index (χ4v) is 3.88. The molecule has 1 N–H and O–H groups in total. The van der Waals surface area contributed by atoms with E-state index in [0.29, 0.717) is 0 Å². The molecule has 2 nitrogen and oxygen atoms in total. The van der Waals surface area contributed by atoms with Gasteiger partial charge in [0.1, 0.15) is 5.72 Å². The van der Waals surface area contributed by atoms with E-state index < -0.39 is 0 Å². The van der Waals surface area contributed by atoms with Crippen LogP contribution in [0.4, 0.5) is 0 Å². The summed E-state index contributed by atoms with van der Waals surface area (Å²) in [5.41, 5.74) is 0.163. The highest BCUT2D eigenvalue weighted by atomic mass is 32.2. The lowest BCUT2D eigenvalue weighted by Gasteiger charge is -2.50. The molecule has 3 heteroatoms. The van der Waals surface area contributed by atoms with Gasteiger partial charge < -0.3 is 4.74 Å². The lowest BCUT2D eigenvalue weighted by Crippen LogP contribution is -2.61. The first kappa shape index (κ1) is 11.7. The molecule has 0 aromatic carbocycles. The Bertz CT molecular complexity index is 204. The Balaban J connectivity index is 2.07. The molecule has 0 aromatic heterocycles. The van der Waals surface area contributed by atoms with E-state index in [1.165, 1.54) is 25.0 Å². The van der Waals surface area contributed by atoms with Crippen molar-refractivity contribution in [3.05, 3.63) is 0 Å². The quantitative estimate of drug-likeness (QED) is 0.787. The van der Waals surface area contributed by atoms with Gasteiger partial charge in [-0.15, -0.1) is 0 Å². The third-order valence-electron chi connectivity index (χ3n) is 3.93. The lowest BCUT2D eigenvalue weighted by molar-refractivity contribution is -0.197. The van der Waals surface area contributed by atoms with Crippen LogP contribution in [-0.4, -0.2) is 29.4 Å². The normalized spacial score (nSPS) is 35.6. The predicted molar refractivity (Wildman–Crippen MR) is 66.3 cm³/mol. The second kappa shape index (κ2) is 4.64. The molecule has 2 fully saturated rings. The molecule has 2 aliphatic heterocycles. The zero-order valence-electron chi connectivity index (χ0n) is 9.97. The first-order chi connectivity index (χ1) is 7.24. The van der Waals surface area contributed by atoms with E-state index in [1.807, 2.05) is 11.8 Å². The first-order valence-electron chi connectivity index (χ1n) is 6.27. The van der Waals surface area contributed by atoms with Gasteiger partial charge in [-0.05, 0) is 37.9 Å². The zero-order chi connectivity index (χ0) is 10.8. The van der Waals surface area contributed by atoms with E-state index in [-0.39, 0.29) is 11.3 Å². The van der Waals surface area contributed by atoms with E-state index in [2.05, 4.69) is 19.2 Å². The van der Waals surface area contributed by atoms with E-state index in [0.717, 1.165) is 25.1 Å². The average molecular weight is 229 g/mol. The maximum atomic E-state index is 6.47. The van der Waals surface area contributed by atoms with Gasteiger partial charge in [0, 0.05) is 12.3 Å². The summed E-state index contributed by atoms with van der Waals surface area (Å²) < 4.78 is 6.47. The van der Waals surface area contributed by atoms with Gasteiger partial charge in [0.25, 0.3) is 0 Å². The van der Waals surface area contributed by atoms with Crippen molar-refractivity contribution in [2.24, 2.45) is 0 Å². The summed E-state index contributed by atoms with van der Waals surface area (Å²) in [5.74, 6) is 2.44. The van der Waals surface area contributed by atoms with Gasteiger partial charge in [0.15, 0.2) is 0 Å². The van der Waals surface area contributed by atoms with Crippen molar-refractivity contribution in [3.63, 3.8) is 0 Å². The second-order valence-corrected chi connectivity index (χ2v) is 5.92. The SMILES string of the molecule is CCC1(CC)CCNC2(CCCSC2)O1. The molecule has 88 valence electrons. The van der Waals surface area contributed by atoms with Gasteiger partial charge in [0.05, 0.1) is 5.60 Å². The number of ether oxygens (including phenoxy) is 1. The second-order valence-electron chi connectivity index (χ2n) is 4.82. The first-order valence-corrected chi connectivity index (χ1v) is 7.43. The molecule has 0 radical (unpaired) electrons. The molecular weight excluding hydrogens is 206 g/mol. The number of nitrogens with one attached hydrogen (secondary N) is 1. The number of hydrogen-bond acceptors (Lipinski definition) is 3. The Labute approximate surface area is 97.5 Å². The molecule has 0 amide bonds. The van der Waals surface area contributed by atoms with Crippen LogP contribution in [0.5, 0.6) is 0 Å². The van der Waals surface area contributed by atoms with Crippen molar-refractivity contribution >= 4 is 11.8 Å². The Morgan fingerprint density at radius 1 is 1.27 bits per heavy atom. The van der Waals surface area contributed by atoms with Crippen LogP contribution in [0.3, 0.4) is 0 Å². The van der Waals surface area contributed by atoms with Crippen molar-refractivity contribution in [3.8, 4) is 0 Å². The maximum Gasteiger partial charge on any atom is 0.129 e. The van der Waals surface area contributed by atoms with Gasteiger partial charge in [-0.3, -0.25) is 5.32 Å². The van der Waals surface area contributed by atoms with Crippen molar-refractivity contribution in [2.75, 3.05) is 18.1 Å². The monoisotopic (exact) mass is 229 g/mol. The Hall–Kier alpha value is 0.270. The van der Waals surface area contributed by atoms with Crippen LogP contribution in [-0.2, 0) is 4.74 Å². The van der Waals surface area contributed by atoms with Crippen LogP contribution in [0.1, 0.15) is 46.0 Å². The summed E-state index contributed by atoms with van der Waals surface area (Å²) in [7, 11) is 0. The predicted octanol–water partition coefficient (Wildman–Crippen LogP) is 2.78. The summed E-state index contributed by atoms with van der Waals surface area (Å²) in [6.45, 7) is 5.65. The molecule has 1 spiro atoms.